The normalized spacial score (nSPS) is 11.1. The van der Waals surface area contributed by atoms with Crippen molar-refractivity contribution >= 4 is 11.3 Å². The Kier molecular flexibility index (Phi) is 1.58. The maximum Gasteiger partial charge on any atom is 0.177 e. The molecule has 0 spiro atoms. The number of hydrogen-bond donors (Lipinski definition) is 2. The van der Waals surface area contributed by atoms with Crippen LogP contribution in [0.4, 0.5) is 5.69 Å². The number of H-pyrrole nitrogens is 1. The molecule has 0 saturated heterocycles. The second kappa shape index (κ2) is 2.52. The molecule has 2 N–H and O–H groups in total. The molecule has 70 valence electrons. The first-order valence-electron chi connectivity index (χ1n) is 4.37. The van der Waals surface area contributed by atoms with E-state index in [1.165, 1.54) is 5.69 Å². The standard InChI is InChI=1S/C9H14N4/c1-5-7(3)13-9(11-5)8(10-4)6(2)12-13/h10,12H,1-4H3. The number of nitrogens with one attached hydrogen (secondary N) is 2. The molecule has 0 radical (unpaired) electrons. The molecule has 2 rings (SSSR count). The minimum Gasteiger partial charge on any atom is -0.384 e. The highest BCUT2D eigenvalue weighted by Gasteiger charge is 2.12. The van der Waals surface area contributed by atoms with Gasteiger partial charge < -0.3 is 5.32 Å². The Morgan fingerprint density at radius 2 is 2.00 bits per heavy atom. The zero-order valence-electron chi connectivity index (χ0n) is 8.39. The lowest BCUT2D eigenvalue weighted by Crippen LogP contribution is -1.89. The molecule has 2 heterocycles. The van der Waals surface area contributed by atoms with Gasteiger partial charge in [-0.15, -0.1) is 0 Å². The van der Waals surface area contributed by atoms with Gasteiger partial charge in [0.25, 0.3) is 0 Å². The van der Waals surface area contributed by atoms with E-state index < -0.39 is 0 Å². The first kappa shape index (κ1) is 8.16. The summed E-state index contributed by atoms with van der Waals surface area (Å²) < 4.78 is 2.01. The molecule has 0 aliphatic carbocycles. The van der Waals surface area contributed by atoms with Gasteiger partial charge >= 0.3 is 0 Å². The lowest BCUT2D eigenvalue weighted by molar-refractivity contribution is 0.902. The summed E-state index contributed by atoms with van der Waals surface area (Å²) in [5, 5.41) is 6.40. The number of imidazole rings is 1. The van der Waals surface area contributed by atoms with Gasteiger partial charge in [-0.3, -0.25) is 5.10 Å². The molecular weight excluding hydrogens is 164 g/mol. The van der Waals surface area contributed by atoms with Crippen molar-refractivity contribution in [2.45, 2.75) is 20.8 Å². The van der Waals surface area contributed by atoms with E-state index >= 15 is 0 Å². The smallest absolute Gasteiger partial charge is 0.177 e. The Hall–Kier alpha value is -1.45. The Morgan fingerprint density at radius 3 is 2.62 bits per heavy atom. The van der Waals surface area contributed by atoms with Crippen LogP contribution in [0.25, 0.3) is 5.65 Å². The zero-order valence-corrected chi connectivity index (χ0v) is 8.39. The average molecular weight is 178 g/mol. The van der Waals surface area contributed by atoms with Gasteiger partial charge in [-0.25, -0.2) is 9.50 Å². The molecule has 0 atom stereocenters. The number of aromatic amines is 1. The lowest BCUT2D eigenvalue weighted by Gasteiger charge is -1.94. The van der Waals surface area contributed by atoms with Gasteiger partial charge in [-0.05, 0) is 20.8 Å². The summed E-state index contributed by atoms with van der Waals surface area (Å²) in [4.78, 5) is 4.47. The van der Waals surface area contributed by atoms with Crippen LogP contribution in [-0.4, -0.2) is 21.6 Å². The van der Waals surface area contributed by atoms with Crippen LogP contribution < -0.4 is 5.32 Å². The first-order chi connectivity index (χ1) is 6.15. The second-order valence-corrected chi connectivity index (χ2v) is 3.30. The van der Waals surface area contributed by atoms with E-state index in [1.807, 2.05) is 25.4 Å². The summed E-state index contributed by atoms with van der Waals surface area (Å²) >= 11 is 0. The van der Waals surface area contributed by atoms with Crippen molar-refractivity contribution < 1.29 is 0 Å². The van der Waals surface area contributed by atoms with Crippen LogP contribution in [0, 0.1) is 20.8 Å². The predicted molar refractivity (Wildman–Crippen MR) is 53.3 cm³/mol. The van der Waals surface area contributed by atoms with Gasteiger partial charge in [-0.2, -0.15) is 0 Å². The molecule has 4 heteroatoms. The van der Waals surface area contributed by atoms with Gasteiger partial charge in [0.2, 0.25) is 0 Å². The molecule has 0 aliphatic rings. The fraction of sp³-hybridized carbons (Fsp3) is 0.444. The summed E-state index contributed by atoms with van der Waals surface area (Å²) in [6.07, 6.45) is 0. The molecule has 0 saturated carbocycles. The Morgan fingerprint density at radius 1 is 1.31 bits per heavy atom. The number of nitrogens with zero attached hydrogens (tertiary/aromatic N) is 2. The number of hydrogen-bond acceptors (Lipinski definition) is 2. The van der Waals surface area contributed by atoms with Crippen molar-refractivity contribution in [3.63, 3.8) is 0 Å². The summed E-state index contributed by atoms with van der Waals surface area (Å²) in [5.74, 6) is 0. The van der Waals surface area contributed by atoms with Crippen LogP contribution >= 0.6 is 0 Å². The molecule has 0 bridgehead atoms. The number of fused-ring (bicyclic) bond motifs is 1. The third-order valence-electron chi connectivity index (χ3n) is 2.47. The van der Waals surface area contributed by atoms with Crippen molar-refractivity contribution in [1.29, 1.82) is 0 Å². The van der Waals surface area contributed by atoms with E-state index in [0.29, 0.717) is 0 Å². The predicted octanol–water partition coefficient (Wildman–Crippen LogP) is 1.63. The summed E-state index contributed by atoms with van der Waals surface area (Å²) in [7, 11) is 1.91. The molecule has 0 fully saturated rings. The van der Waals surface area contributed by atoms with Crippen molar-refractivity contribution in [2.75, 3.05) is 12.4 Å². The van der Waals surface area contributed by atoms with E-state index in [4.69, 9.17) is 0 Å². The fourth-order valence-electron chi connectivity index (χ4n) is 1.61. The summed E-state index contributed by atoms with van der Waals surface area (Å²) in [5.41, 5.74) is 5.42. The minimum absolute atomic E-state index is 0.981. The van der Waals surface area contributed by atoms with Crippen LogP contribution in [-0.2, 0) is 0 Å². The Balaban J connectivity index is 2.84. The van der Waals surface area contributed by atoms with Gasteiger partial charge in [0, 0.05) is 7.05 Å². The molecule has 4 nitrogen and oxygen atoms in total. The molecule has 0 aliphatic heterocycles. The Labute approximate surface area is 77.0 Å². The number of aromatic nitrogens is 3. The highest BCUT2D eigenvalue weighted by molar-refractivity contribution is 5.71. The monoisotopic (exact) mass is 178 g/mol. The van der Waals surface area contributed by atoms with Crippen LogP contribution in [0.3, 0.4) is 0 Å². The summed E-state index contributed by atoms with van der Waals surface area (Å²) in [6, 6.07) is 0. The fourth-order valence-corrected chi connectivity index (χ4v) is 1.61. The third kappa shape index (κ3) is 0.946. The first-order valence-corrected chi connectivity index (χ1v) is 4.37. The number of rotatable bonds is 1. The third-order valence-corrected chi connectivity index (χ3v) is 2.47. The molecular formula is C9H14N4. The maximum absolute atomic E-state index is 4.47. The molecule has 0 amide bonds. The molecule has 0 aromatic carbocycles. The van der Waals surface area contributed by atoms with E-state index in [2.05, 4.69) is 22.3 Å². The molecule has 2 aromatic heterocycles. The lowest BCUT2D eigenvalue weighted by atomic mass is 10.4. The van der Waals surface area contributed by atoms with E-state index in [0.717, 1.165) is 22.7 Å². The van der Waals surface area contributed by atoms with E-state index in [9.17, 15) is 0 Å². The highest BCUT2D eigenvalue weighted by atomic mass is 15.3. The Bertz CT molecular complexity index is 450. The van der Waals surface area contributed by atoms with Gasteiger partial charge in [0.15, 0.2) is 5.65 Å². The maximum atomic E-state index is 4.47. The molecule has 2 aromatic rings. The van der Waals surface area contributed by atoms with Crippen molar-refractivity contribution in [3.8, 4) is 0 Å². The second-order valence-electron chi connectivity index (χ2n) is 3.30. The largest absolute Gasteiger partial charge is 0.384 e. The SMILES string of the molecule is CNc1c(C)[nH]n2c(C)c(C)nc12. The number of aryl methyl sites for hydroxylation is 3. The quantitative estimate of drug-likeness (QED) is 0.697. The topological polar surface area (TPSA) is 45.1 Å². The van der Waals surface area contributed by atoms with Gasteiger partial charge in [0.1, 0.15) is 0 Å². The van der Waals surface area contributed by atoms with Crippen LogP contribution in [0.2, 0.25) is 0 Å². The van der Waals surface area contributed by atoms with Gasteiger partial charge in [-0.1, -0.05) is 0 Å². The van der Waals surface area contributed by atoms with E-state index in [-0.39, 0.29) is 0 Å². The molecule has 0 unspecified atom stereocenters. The van der Waals surface area contributed by atoms with Crippen molar-refractivity contribution in [3.05, 3.63) is 17.1 Å². The number of anilines is 1. The highest BCUT2D eigenvalue weighted by Crippen LogP contribution is 2.22. The minimum atomic E-state index is 0.981. The average Bonchev–Trinajstić information content (AvgIpc) is 2.52. The van der Waals surface area contributed by atoms with Crippen LogP contribution in [0.15, 0.2) is 0 Å². The zero-order chi connectivity index (χ0) is 9.59. The molecule has 13 heavy (non-hydrogen) atoms. The van der Waals surface area contributed by atoms with Crippen LogP contribution in [0.5, 0.6) is 0 Å². The van der Waals surface area contributed by atoms with E-state index in [1.54, 1.807) is 0 Å². The van der Waals surface area contributed by atoms with Crippen molar-refractivity contribution in [2.24, 2.45) is 0 Å². The van der Waals surface area contributed by atoms with Crippen molar-refractivity contribution in [1.82, 2.24) is 14.6 Å². The van der Waals surface area contributed by atoms with Crippen LogP contribution in [0.1, 0.15) is 17.1 Å². The van der Waals surface area contributed by atoms with Gasteiger partial charge in [0.05, 0.1) is 22.8 Å². The summed E-state index contributed by atoms with van der Waals surface area (Å²) in [6.45, 7) is 6.12.